The molecular formula is C8H6IN3. The fourth-order valence-corrected chi connectivity index (χ4v) is 1.69. The van der Waals surface area contributed by atoms with Gasteiger partial charge < -0.3 is 5.73 Å². The predicted octanol–water partition coefficient (Wildman–Crippen LogP) is 1.82. The van der Waals surface area contributed by atoms with Crippen molar-refractivity contribution < 1.29 is 0 Å². The van der Waals surface area contributed by atoms with Crippen molar-refractivity contribution in [3.63, 3.8) is 0 Å². The molecule has 2 heterocycles. The number of hydrogen-bond donors (Lipinski definition) is 1. The van der Waals surface area contributed by atoms with Gasteiger partial charge in [0, 0.05) is 23.2 Å². The Labute approximate surface area is 83.2 Å². The lowest BCUT2D eigenvalue weighted by Crippen LogP contribution is -1.93. The van der Waals surface area contributed by atoms with Crippen LogP contribution in [0, 0.1) is 3.70 Å². The summed E-state index contributed by atoms with van der Waals surface area (Å²) in [7, 11) is 0. The van der Waals surface area contributed by atoms with Gasteiger partial charge in [0.15, 0.2) is 0 Å². The fraction of sp³-hybridized carbons (Fsp3) is 0. The normalized spacial score (nSPS) is 10.4. The Kier molecular flexibility index (Phi) is 1.84. The van der Waals surface area contributed by atoms with Crippen LogP contribution in [-0.2, 0) is 0 Å². The summed E-state index contributed by atoms with van der Waals surface area (Å²) in [5, 5.41) is 2.00. The van der Waals surface area contributed by atoms with Crippen molar-refractivity contribution in [3.05, 3.63) is 28.2 Å². The topological polar surface area (TPSA) is 51.8 Å². The average molecular weight is 271 g/mol. The van der Waals surface area contributed by atoms with E-state index in [2.05, 4.69) is 32.6 Å². The summed E-state index contributed by atoms with van der Waals surface area (Å²) in [5.74, 6) is 0.569. The first-order chi connectivity index (χ1) is 5.77. The SMILES string of the molecule is Nc1nc(I)cc2cnccc12. The average Bonchev–Trinajstić information content (AvgIpc) is 2.04. The molecule has 0 bridgehead atoms. The molecule has 0 aliphatic rings. The van der Waals surface area contributed by atoms with Gasteiger partial charge in [-0.2, -0.15) is 0 Å². The van der Waals surface area contributed by atoms with Gasteiger partial charge in [-0.25, -0.2) is 4.98 Å². The summed E-state index contributed by atoms with van der Waals surface area (Å²) < 4.78 is 0.894. The van der Waals surface area contributed by atoms with Gasteiger partial charge in [0.05, 0.1) is 0 Å². The summed E-state index contributed by atoms with van der Waals surface area (Å²) in [4.78, 5) is 8.15. The highest BCUT2D eigenvalue weighted by Gasteiger charge is 1.99. The van der Waals surface area contributed by atoms with Gasteiger partial charge >= 0.3 is 0 Å². The Bertz CT molecular complexity index is 428. The molecule has 0 saturated carbocycles. The smallest absolute Gasteiger partial charge is 0.132 e. The number of halogens is 1. The van der Waals surface area contributed by atoms with E-state index >= 15 is 0 Å². The van der Waals surface area contributed by atoms with Crippen LogP contribution in [0.5, 0.6) is 0 Å². The largest absolute Gasteiger partial charge is 0.383 e. The first-order valence-electron chi connectivity index (χ1n) is 3.43. The van der Waals surface area contributed by atoms with E-state index in [-0.39, 0.29) is 0 Å². The van der Waals surface area contributed by atoms with E-state index < -0.39 is 0 Å². The van der Waals surface area contributed by atoms with E-state index in [0.29, 0.717) is 5.82 Å². The number of pyridine rings is 2. The quantitative estimate of drug-likeness (QED) is 0.587. The summed E-state index contributed by atoms with van der Waals surface area (Å²) in [6, 6.07) is 3.83. The second kappa shape index (κ2) is 2.85. The minimum Gasteiger partial charge on any atom is -0.383 e. The molecule has 0 atom stereocenters. The van der Waals surface area contributed by atoms with E-state index in [9.17, 15) is 0 Å². The summed E-state index contributed by atoms with van der Waals surface area (Å²) in [5.41, 5.74) is 5.71. The highest BCUT2D eigenvalue weighted by Crippen LogP contribution is 2.19. The lowest BCUT2D eigenvalue weighted by molar-refractivity contribution is 1.29. The molecule has 2 aromatic heterocycles. The molecule has 0 aliphatic heterocycles. The third-order valence-electron chi connectivity index (χ3n) is 1.63. The van der Waals surface area contributed by atoms with Gasteiger partial charge in [0.2, 0.25) is 0 Å². The summed E-state index contributed by atoms with van der Waals surface area (Å²) in [6.07, 6.45) is 3.50. The van der Waals surface area contributed by atoms with Crippen molar-refractivity contribution in [3.8, 4) is 0 Å². The molecule has 2 rings (SSSR count). The predicted molar refractivity (Wildman–Crippen MR) is 56.7 cm³/mol. The van der Waals surface area contributed by atoms with Crippen LogP contribution >= 0.6 is 22.6 Å². The van der Waals surface area contributed by atoms with Crippen LogP contribution in [0.15, 0.2) is 24.5 Å². The molecule has 0 spiro atoms. The standard InChI is InChI=1S/C8H6IN3/c9-7-3-5-4-11-2-1-6(5)8(10)12-7/h1-4H,(H2,10,12). The lowest BCUT2D eigenvalue weighted by Gasteiger charge is -2.00. The molecule has 0 aromatic carbocycles. The van der Waals surface area contributed by atoms with Crippen molar-refractivity contribution in [1.29, 1.82) is 0 Å². The molecule has 0 amide bonds. The minimum absolute atomic E-state index is 0.569. The van der Waals surface area contributed by atoms with E-state index in [1.807, 2.05) is 12.1 Å². The maximum atomic E-state index is 5.71. The molecule has 0 radical (unpaired) electrons. The number of nitrogen functional groups attached to an aromatic ring is 1. The molecule has 0 saturated heterocycles. The Balaban J connectivity index is 2.89. The van der Waals surface area contributed by atoms with Crippen molar-refractivity contribution in [2.75, 3.05) is 5.73 Å². The minimum atomic E-state index is 0.569. The molecule has 4 heteroatoms. The number of anilines is 1. The van der Waals surface area contributed by atoms with Crippen molar-refractivity contribution in [2.24, 2.45) is 0 Å². The molecule has 0 aliphatic carbocycles. The molecule has 2 aromatic rings. The number of rotatable bonds is 0. The number of hydrogen-bond acceptors (Lipinski definition) is 3. The lowest BCUT2D eigenvalue weighted by atomic mass is 10.2. The van der Waals surface area contributed by atoms with Gasteiger partial charge in [-0.1, -0.05) is 0 Å². The second-order valence-corrected chi connectivity index (χ2v) is 3.53. The van der Waals surface area contributed by atoms with Gasteiger partial charge in [-0.05, 0) is 34.7 Å². The molecule has 0 unspecified atom stereocenters. The Hall–Kier alpha value is -0.910. The van der Waals surface area contributed by atoms with E-state index in [0.717, 1.165) is 14.5 Å². The zero-order valence-electron chi connectivity index (χ0n) is 6.16. The Morgan fingerprint density at radius 3 is 3.08 bits per heavy atom. The Morgan fingerprint density at radius 2 is 2.25 bits per heavy atom. The molecule has 3 nitrogen and oxygen atoms in total. The third-order valence-corrected chi connectivity index (χ3v) is 2.18. The van der Waals surface area contributed by atoms with Crippen LogP contribution in [0.1, 0.15) is 0 Å². The molecule has 2 N–H and O–H groups in total. The third kappa shape index (κ3) is 1.22. The fourth-order valence-electron chi connectivity index (χ4n) is 1.09. The van der Waals surface area contributed by atoms with Gasteiger partial charge in [-0.15, -0.1) is 0 Å². The molecule has 12 heavy (non-hydrogen) atoms. The number of fused-ring (bicyclic) bond motifs is 1. The van der Waals surface area contributed by atoms with Crippen LogP contribution in [0.3, 0.4) is 0 Å². The maximum Gasteiger partial charge on any atom is 0.132 e. The molecule has 0 fully saturated rings. The highest BCUT2D eigenvalue weighted by molar-refractivity contribution is 14.1. The van der Waals surface area contributed by atoms with Crippen LogP contribution in [-0.4, -0.2) is 9.97 Å². The maximum absolute atomic E-state index is 5.71. The zero-order chi connectivity index (χ0) is 8.55. The van der Waals surface area contributed by atoms with Crippen molar-refractivity contribution >= 4 is 39.2 Å². The Morgan fingerprint density at radius 1 is 1.42 bits per heavy atom. The van der Waals surface area contributed by atoms with Crippen LogP contribution < -0.4 is 5.73 Å². The van der Waals surface area contributed by atoms with E-state index in [1.165, 1.54) is 0 Å². The first kappa shape index (κ1) is 7.72. The molecular weight excluding hydrogens is 265 g/mol. The van der Waals surface area contributed by atoms with E-state index in [4.69, 9.17) is 5.73 Å². The molecule has 60 valence electrons. The van der Waals surface area contributed by atoms with Crippen molar-refractivity contribution in [2.45, 2.75) is 0 Å². The number of nitrogens with zero attached hydrogens (tertiary/aromatic N) is 2. The zero-order valence-corrected chi connectivity index (χ0v) is 8.32. The summed E-state index contributed by atoms with van der Waals surface area (Å²) >= 11 is 2.13. The first-order valence-corrected chi connectivity index (χ1v) is 4.51. The van der Waals surface area contributed by atoms with Crippen LogP contribution in [0.25, 0.3) is 10.8 Å². The van der Waals surface area contributed by atoms with Crippen LogP contribution in [0.2, 0.25) is 0 Å². The van der Waals surface area contributed by atoms with Gasteiger partial charge in [0.1, 0.15) is 9.52 Å². The second-order valence-electron chi connectivity index (χ2n) is 2.43. The van der Waals surface area contributed by atoms with E-state index in [1.54, 1.807) is 12.4 Å². The number of aromatic nitrogens is 2. The van der Waals surface area contributed by atoms with Crippen molar-refractivity contribution in [1.82, 2.24) is 9.97 Å². The van der Waals surface area contributed by atoms with Gasteiger partial charge in [0.25, 0.3) is 0 Å². The van der Waals surface area contributed by atoms with Crippen LogP contribution in [0.4, 0.5) is 5.82 Å². The summed E-state index contributed by atoms with van der Waals surface area (Å²) in [6.45, 7) is 0. The van der Waals surface area contributed by atoms with Gasteiger partial charge in [-0.3, -0.25) is 4.98 Å². The highest BCUT2D eigenvalue weighted by atomic mass is 127. The number of nitrogens with two attached hydrogens (primary N) is 1. The monoisotopic (exact) mass is 271 g/mol.